The summed E-state index contributed by atoms with van der Waals surface area (Å²) in [5.41, 5.74) is 0. The van der Waals surface area contributed by atoms with Crippen molar-refractivity contribution in [2.75, 3.05) is 47.5 Å². The fourth-order valence-electron chi connectivity index (χ4n) is 9.22. The number of esters is 2. The van der Waals surface area contributed by atoms with Crippen molar-refractivity contribution in [3.8, 4) is 0 Å². The second-order valence-corrected chi connectivity index (χ2v) is 23.4. The molecule has 0 aliphatic heterocycles. The molecule has 81 heavy (non-hydrogen) atoms. The van der Waals surface area contributed by atoms with Gasteiger partial charge in [0.1, 0.15) is 13.2 Å². The van der Waals surface area contributed by atoms with Gasteiger partial charge in [-0.3, -0.25) is 9.59 Å². The summed E-state index contributed by atoms with van der Waals surface area (Å²) in [6.45, 7) is 4.65. The summed E-state index contributed by atoms with van der Waals surface area (Å²) >= 11 is 0. The van der Waals surface area contributed by atoms with Gasteiger partial charge in [-0.05, 0) is 96.3 Å². The first-order chi connectivity index (χ1) is 39.6. The van der Waals surface area contributed by atoms with E-state index in [1.54, 1.807) is 0 Å². The van der Waals surface area contributed by atoms with Gasteiger partial charge in [0, 0.05) is 12.8 Å². The Bertz CT molecular complexity index is 1650. The number of likely N-dealkylation sites (N-methyl/N-ethyl adjacent to an activating group) is 1. The van der Waals surface area contributed by atoms with Gasteiger partial charge in [-0.15, -0.1) is 0 Å². The smallest absolute Gasteiger partial charge is 0.306 e. The fourth-order valence-corrected chi connectivity index (χ4v) is 9.22. The highest BCUT2D eigenvalue weighted by molar-refractivity contribution is 5.70. The second-order valence-electron chi connectivity index (χ2n) is 23.4. The summed E-state index contributed by atoms with van der Waals surface area (Å²) in [6.07, 6.45) is 81.9. The molecule has 0 aromatic carbocycles. The summed E-state index contributed by atoms with van der Waals surface area (Å²) in [5.74, 6) is -2.28. The van der Waals surface area contributed by atoms with E-state index in [1.165, 1.54) is 167 Å². The van der Waals surface area contributed by atoms with Crippen LogP contribution in [0.1, 0.15) is 284 Å². The Morgan fingerprint density at radius 3 is 1.06 bits per heavy atom. The lowest BCUT2D eigenvalue weighted by Crippen LogP contribution is -2.44. The van der Waals surface area contributed by atoms with Crippen LogP contribution in [0.5, 0.6) is 0 Å². The van der Waals surface area contributed by atoms with Gasteiger partial charge < -0.3 is 33.3 Å². The molecule has 0 aliphatic rings. The highest BCUT2D eigenvalue weighted by Crippen LogP contribution is 2.17. The number of allylic oxidation sites excluding steroid dienone is 16. The molecule has 2 unspecified atom stereocenters. The minimum absolute atomic E-state index is 0.145. The number of hydrogen-bond acceptors (Lipinski definition) is 8. The number of aliphatic carboxylic acids is 1. The predicted octanol–water partition coefficient (Wildman–Crippen LogP) is 19.1. The quantitative estimate of drug-likeness (QED) is 0.0195. The van der Waals surface area contributed by atoms with Crippen LogP contribution in [0.25, 0.3) is 0 Å². The topological polar surface area (TPSA) is 111 Å². The van der Waals surface area contributed by atoms with Crippen molar-refractivity contribution in [3.05, 3.63) is 97.2 Å². The van der Waals surface area contributed by atoms with E-state index in [9.17, 15) is 19.5 Å². The third kappa shape index (κ3) is 63.6. The third-order valence-corrected chi connectivity index (χ3v) is 14.3. The Hall–Kier alpha value is -3.79. The molecule has 0 aromatic heterocycles. The van der Waals surface area contributed by atoms with E-state index in [4.69, 9.17) is 18.9 Å². The molecule has 2 atom stereocenters. The van der Waals surface area contributed by atoms with Crippen molar-refractivity contribution < 1.29 is 42.9 Å². The number of carboxylic acid groups (broad SMARTS) is 1. The number of carboxylic acids is 1. The first kappa shape index (κ1) is 77.2. The monoisotopic (exact) mass is 1130 g/mol. The number of hydrogen-bond donors (Lipinski definition) is 0. The Morgan fingerprint density at radius 1 is 0.383 bits per heavy atom. The SMILES string of the molecule is CC/C=C\C/C=C\C/C=C\C/C=C\C/C=C\C/C=C\C/C=C\CCCCCCCCCCCCCCCC(=O)OC(COC(=O)CCCCCCCCCCC/C=C\CCCCCCCCCC)COC(OCC[N+](C)(C)C)C(=O)[O-]. The molecule has 0 N–H and O–H groups in total. The molecule has 0 fully saturated rings. The molecule has 0 bridgehead atoms. The molecule has 0 rings (SSSR count). The fraction of sp³-hybridized carbons (Fsp3) is 0.736. The predicted molar refractivity (Wildman–Crippen MR) is 343 cm³/mol. The maximum Gasteiger partial charge on any atom is 0.306 e. The number of ether oxygens (including phenoxy) is 4. The molecule has 9 nitrogen and oxygen atoms in total. The molecule has 0 heterocycles. The standard InChI is InChI=1S/C72H125NO8/c1-6-8-10-12-14-16-18-20-22-24-26-28-29-30-31-32-33-34-35-36-37-38-39-40-41-43-45-47-49-51-53-55-57-59-61-63-70(75)81-68(67-80-72(71(76)77)78-65-64-73(3,4)5)66-79-69(74)62-60-58-56-54-52-50-48-46-44-42-27-25-23-21-19-17-15-13-11-9-7-2/h8,10,14,16,20,22,25-28,30-31,33-34,36-37,68,72H,6-7,9,11-13,15,17-19,21,23-24,29,32,35,38-67H2,1-5H3/b10-8-,16-14-,22-20-,27-25-,28-26-,31-30-,34-33-,37-36-. The third-order valence-electron chi connectivity index (χ3n) is 14.3. The molecule has 466 valence electrons. The number of nitrogens with zero attached hydrogens (tertiary/aromatic N) is 1. The van der Waals surface area contributed by atoms with E-state index in [0.29, 0.717) is 17.4 Å². The number of rotatable bonds is 61. The Kier molecular flexibility index (Phi) is 59.3. The Morgan fingerprint density at radius 2 is 0.704 bits per heavy atom. The number of unbranched alkanes of at least 4 members (excludes halogenated alkanes) is 30. The van der Waals surface area contributed by atoms with Crippen molar-refractivity contribution in [3.63, 3.8) is 0 Å². The van der Waals surface area contributed by atoms with Gasteiger partial charge in [0.05, 0.1) is 40.3 Å². The summed E-state index contributed by atoms with van der Waals surface area (Å²) in [5, 5.41) is 11.8. The van der Waals surface area contributed by atoms with Gasteiger partial charge >= 0.3 is 11.9 Å². The van der Waals surface area contributed by atoms with Crippen LogP contribution in [-0.4, -0.2) is 82.3 Å². The van der Waals surface area contributed by atoms with E-state index >= 15 is 0 Å². The zero-order chi connectivity index (χ0) is 59.1. The Labute approximate surface area is 499 Å². The van der Waals surface area contributed by atoms with Crippen LogP contribution < -0.4 is 5.11 Å². The minimum Gasteiger partial charge on any atom is -0.545 e. The lowest BCUT2D eigenvalue weighted by atomic mass is 10.0. The summed E-state index contributed by atoms with van der Waals surface area (Å²) < 4.78 is 22.8. The largest absolute Gasteiger partial charge is 0.545 e. The van der Waals surface area contributed by atoms with Crippen LogP contribution in [0.4, 0.5) is 0 Å². The highest BCUT2D eigenvalue weighted by atomic mass is 16.7. The van der Waals surface area contributed by atoms with Crippen LogP contribution >= 0.6 is 0 Å². The van der Waals surface area contributed by atoms with Crippen LogP contribution in [0.15, 0.2) is 97.2 Å². The molecule has 0 aromatic rings. The summed E-state index contributed by atoms with van der Waals surface area (Å²) in [4.78, 5) is 37.4. The van der Waals surface area contributed by atoms with Gasteiger partial charge in [0.25, 0.3) is 0 Å². The van der Waals surface area contributed by atoms with E-state index in [2.05, 4.69) is 111 Å². The van der Waals surface area contributed by atoms with Crippen molar-refractivity contribution in [1.29, 1.82) is 0 Å². The second kappa shape index (κ2) is 62.3. The molecular formula is C72H125NO8. The van der Waals surface area contributed by atoms with E-state index in [-0.39, 0.29) is 38.6 Å². The van der Waals surface area contributed by atoms with Crippen molar-refractivity contribution in [1.82, 2.24) is 0 Å². The molecule has 0 radical (unpaired) electrons. The number of carbonyl (C=O) groups is 3. The van der Waals surface area contributed by atoms with Crippen LogP contribution in [0.2, 0.25) is 0 Å². The molecule has 9 heteroatoms. The maximum absolute atomic E-state index is 12.9. The normalized spacial score (nSPS) is 13.3. The van der Waals surface area contributed by atoms with Gasteiger partial charge in [-0.2, -0.15) is 0 Å². The van der Waals surface area contributed by atoms with Crippen molar-refractivity contribution in [2.45, 2.75) is 296 Å². The minimum atomic E-state index is -1.63. The molecule has 0 saturated carbocycles. The van der Waals surface area contributed by atoms with E-state index < -0.39 is 24.3 Å². The average molecular weight is 1130 g/mol. The van der Waals surface area contributed by atoms with Gasteiger partial charge in [0.15, 0.2) is 12.4 Å². The van der Waals surface area contributed by atoms with Gasteiger partial charge in [-0.25, -0.2) is 0 Å². The van der Waals surface area contributed by atoms with Crippen LogP contribution in [0.3, 0.4) is 0 Å². The molecule has 0 aliphatic carbocycles. The average Bonchev–Trinajstić information content (AvgIpc) is 3.44. The zero-order valence-corrected chi connectivity index (χ0v) is 53.1. The first-order valence-corrected chi connectivity index (χ1v) is 33.4. The number of carbonyl (C=O) groups excluding carboxylic acids is 3. The van der Waals surface area contributed by atoms with E-state index in [1.807, 2.05) is 21.1 Å². The molecule has 0 spiro atoms. The molecular weight excluding hydrogens is 1010 g/mol. The zero-order valence-electron chi connectivity index (χ0n) is 53.1. The van der Waals surface area contributed by atoms with Crippen molar-refractivity contribution in [2.24, 2.45) is 0 Å². The summed E-state index contributed by atoms with van der Waals surface area (Å²) in [6, 6.07) is 0. The van der Waals surface area contributed by atoms with Gasteiger partial charge in [0.2, 0.25) is 0 Å². The van der Waals surface area contributed by atoms with Gasteiger partial charge in [-0.1, -0.05) is 272 Å². The maximum atomic E-state index is 12.9. The number of quaternary nitrogens is 1. The van der Waals surface area contributed by atoms with Crippen LogP contribution in [0, 0.1) is 0 Å². The van der Waals surface area contributed by atoms with E-state index in [0.717, 1.165) is 83.5 Å². The van der Waals surface area contributed by atoms with Crippen LogP contribution in [-0.2, 0) is 33.3 Å². The molecule has 0 amide bonds. The molecule has 0 saturated heterocycles. The van der Waals surface area contributed by atoms with Crippen molar-refractivity contribution >= 4 is 17.9 Å². The lowest BCUT2D eigenvalue weighted by Gasteiger charge is -2.26. The highest BCUT2D eigenvalue weighted by Gasteiger charge is 2.22. The first-order valence-electron chi connectivity index (χ1n) is 33.4. The summed E-state index contributed by atoms with van der Waals surface area (Å²) in [7, 11) is 5.93. The Balaban J connectivity index is 4.14. The lowest BCUT2D eigenvalue weighted by molar-refractivity contribution is -0.870.